The van der Waals surface area contributed by atoms with Crippen LogP contribution in [0.25, 0.3) is 0 Å². The van der Waals surface area contributed by atoms with Crippen molar-refractivity contribution >= 4 is 43.3 Å². The average Bonchev–Trinajstić information content (AvgIpc) is 2.61. The molecule has 1 N–H and O–H groups in total. The minimum absolute atomic E-state index is 0.129. The van der Waals surface area contributed by atoms with Crippen LogP contribution in [0.3, 0.4) is 0 Å². The summed E-state index contributed by atoms with van der Waals surface area (Å²) >= 11 is 4.23. The third-order valence-electron chi connectivity index (χ3n) is 1.81. The van der Waals surface area contributed by atoms with E-state index in [1.54, 1.807) is 13.0 Å². The molecule has 16 heavy (non-hydrogen) atoms. The Morgan fingerprint density at radius 1 is 1.56 bits per heavy atom. The lowest BCUT2D eigenvalue weighted by atomic mass is 10.6. The van der Waals surface area contributed by atoms with Crippen molar-refractivity contribution in [1.82, 2.24) is 4.31 Å². The Bertz CT molecular complexity index is 482. The first-order chi connectivity index (χ1) is 7.37. The number of halogens is 1. The third kappa shape index (κ3) is 3.03. The number of carboxylic acid groups (broad SMARTS) is 1. The van der Waals surface area contributed by atoms with Gasteiger partial charge in [0.2, 0.25) is 0 Å². The number of nitrogens with zero attached hydrogens (tertiary/aromatic N) is 1. The first-order valence-corrected chi connectivity index (χ1v) is 7.40. The molecule has 0 amide bonds. The van der Waals surface area contributed by atoms with Gasteiger partial charge in [0.15, 0.2) is 0 Å². The van der Waals surface area contributed by atoms with E-state index >= 15 is 0 Å². The van der Waals surface area contributed by atoms with Gasteiger partial charge in [0, 0.05) is 6.54 Å². The quantitative estimate of drug-likeness (QED) is 0.891. The highest BCUT2D eigenvalue weighted by Gasteiger charge is 2.26. The smallest absolute Gasteiger partial charge is 0.318 e. The Kier molecular flexibility index (Phi) is 4.48. The highest BCUT2D eigenvalue weighted by Crippen LogP contribution is 2.28. The van der Waals surface area contributed by atoms with Crippen LogP contribution in [0.2, 0.25) is 0 Å². The molecule has 0 aromatic carbocycles. The minimum Gasteiger partial charge on any atom is -0.480 e. The van der Waals surface area contributed by atoms with Crippen LogP contribution in [0.4, 0.5) is 0 Å². The predicted molar refractivity (Wildman–Crippen MR) is 64.1 cm³/mol. The zero-order valence-corrected chi connectivity index (χ0v) is 11.6. The summed E-state index contributed by atoms with van der Waals surface area (Å²) in [5.41, 5.74) is 0. The van der Waals surface area contributed by atoms with E-state index in [-0.39, 0.29) is 10.8 Å². The van der Waals surface area contributed by atoms with Crippen molar-refractivity contribution in [1.29, 1.82) is 0 Å². The summed E-state index contributed by atoms with van der Waals surface area (Å²) in [6, 6.07) is 3.07. The maximum atomic E-state index is 12.0. The van der Waals surface area contributed by atoms with E-state index in [9.17, 15) is 13.2 Å². The fourth-order valence-electron chi connectivity index (χ4n) is 1.08. The molecule has 0 saturated carbocycles. The summed E-state index contributed by atoms with van der Waals surface area (Å²) in [4.78, 5) is 10.5. The summed E-state index contributed by atoms with van der Waals surface area (Å²) in [5.74, 6) is -1.17. The SMILES string of the molecule is CCN(CC(=O)O)S(=O)(=O)c1ccc(Br)s1. The normalized spacial score (nSPS) is 11.9. The Balaban J connectivity index is 3.04. The molecule has 5 nitrogen and oxygen atoms in total. The van der Waals surface area contributed by atoms with E-state index in [1.165, 1.54) is 6.07 Å². The van der Waals surface area contributed by atoms with E-state index < -0.39 is 22.5 Å². The molecular formula is C8H10BrNO4S2. The van der Waals surface area contributed by atoms with Crippen molar-refractivity contribution in [2.75, 3.05) is 13.1 Å². The number of hydrogen-bond donors (Lipinski definition) is 1. The van der Waals surface area contributed by atoms with Crippen LogP contribution in [0.1, 0.15) is 6.92 Å². The summed E-state index contributed by atoms with van der Waals surface area (Å²) < 4.78 is 25.7. The van der Waals surface area contributed by atoms with E-state index in [0.29, 0.717) is 3.79 Å². The largest absolute Gasteiger partial charge is 0.480 e. The molecule has 1 heterocycles. The second-order valence-corrected chi connectivity index (χ2v) is 7.51. The van der Waals surface area contributed by atoms with Gasteiger partial charge >= 0.3 is 5.97 Å². The summed E-state index contributed by atoms with van der Waals surface area (Å²) in [6.07, 6.45) is 0. The lowest BCUT2D eigenvalue weighted by Crippen LogP contribution is -2.35. The topological polar surface area (TPSA) is 74.7 Å². The van der Waals surface area contributed by atoms with Crippen LogP contribution >= 0.6 is 27.3 Å². The average molecular weight is 328 g/mol. The molecule has 1 aromatic heterocycles. The van der Waals surface area contributed by atoms with Crippen LogP contribution in [-0.4, -0.2) is 36.9 Å². The maximum absolute atomic E-state index is 12.0. The molecule has 0 aliphatic rings. The van der Waals surface area contributed by atoms with Gasteiger partial charge in [-0.05, 0) is 28.1 Å². The number of sulfonamides is 1. The summed E-state index contributed by atoms with van der Waals surface area (Å²) in [7, 11) is -3.68. The van der Waals surface area contributed by atoms with Gasteiger partial charge in [-0.15, -0.1) is 11.3 Å². The summed E-state index contributed by atoms with van der Waals surface area (Å²) in [6.45, 7) is 1.21. The molecule has 1 rings (SSSR count). The molecule has 0 spiro atoms. The lowest BCUT2D eigenvalue weighted by molar-refractivity contribution is -0.137. The highest BCUT2D eigenvalue weighted by molar-refractivity contribution is 9.11. The number of hydrogen-bond acceptors (Lipinski definition) is 4. The standard InChI is InChI=1S/C8H10BrNO4S2/c1-2-10(5-7(11)12)16(13,14)8-4-3-6(9)15-8/h3-4H,2,5H2,1H3,(H,11,12). The van der Waals surface area contributed by atoms with Crippen molar-refractivity contribution in [2.24, 2.45) is 0 Å². The number of likely N-dealkylation sites (N-methyl/N-ethyl adjacent to an activating group) is 1. The Morgan fingerprint density at radius 3 is 2.56 bits per heavy atom. The maximum Gasteiger partial charge on any atom is 0.318 e. The molecule has 0 bridgehead atoms. The Morgan fingerprint density at radius 2 is 2.19 bits per heavy atom. The summed E-state index contributed by atoms with van der Waals surface area (Å²) in [5, 5.41) is 8.62. The second kappa shape index (κ2) is 5.26. The van der Waals surface area contributed by atoms with Crippen LogP contribution in [0.5, 0.6) is 0 Å². The molecule has 0 aliphatic carbocycles. The number of carboxylic acids is 1. The lowest BCUT2D eigenvalue weighted by Gasteiger charge is -2.16. The third-order valence-corrected chi connectivity index (χ3v) is 5.82. The molecule has 0 unspecified atom stereocenters. The Hall–Kier alpha value is -0.440. The molecule has 1 aromatic rings. The monoisotopic (exact) mass is 327 g/mol. The minimum atomic E-state index is -3.68. The van der Waals surface area contributed by atoms with Gasteiger partial charge in [0.05, 0.1) is 3.79 Å². The van der Waals surface area contributed by atoms with Crippen molar-refractivity contribution in [3.63, 3.8) is 0 Å². The van der Waals surface area contributed by atoms with Crippen molar-refractivity contribution in [3.05, 3.63) is 15.9 Å². The number of aliphatic carboxylic acids is 1. The van der Waals surface area contributed by atoms with Crippen LogP contribution in [-0.2, 0) is 14.8 Å². The second-order valence-electron chi connectivity index (χ2n) is 2.88. The molecule has 0 saturated heterocycles. The Labute approximate surface area is 106 Å². The van der Waals surface area contributed by atoms with Gasteiger partial charge in [0.25, 0.3) is 10.0 Å². The number of carbonyl (C=O) groups is 1. The van der Waals surface area contributed by atoms with Crippen LogP contribution < -0.4 is 0 Å². The van der Waals surface area contributed by atoms with Gasteiger partial charge in [0.1, 0.15) is 10.8 Å². The molecular weight excluding hydrogens is 318 g/mol. The zero-order chi connectivity index (χ0) is 12.3. The van der Waals surface area contributed by atoms with Crippen LogP contribution in [0, 0.1) is 0 Å². The molecule has 0 radical (unpaired) electrons. The predicted octanol–water partition coefficient (Wildman–Crippen LogP) is 1.61. The first-order valence-electron chi connectivity index (χ1n) is 4.35. The fraction of sp³-hybridized carbons (Fsp3) is 0.375. The number of thiophene rings is 1. The molecule has 8 heteroatoms. The van der Waals surface area contributed by atoms with Gasteiger partial charge in [-0.3, -0.25) is 4.79 Å². The van der Waals surface area contributed by atoms with Gasteiger partial charge < -0.3 is 5.11 Å². The van der Waals surface area contributed by atoms with E-state index in [2.05, 4.69) is 15.9 Å². The number of rotatable bonds is 5. The van der Waals surface area contributed by atoms with Crippen molar-refractivity contribution in [3.8, 4) is 0 Å². The van der Waals surface area contributed by atoms with Crippen molar-refractivity contribution in [2.45, 2.75) is 11.1 Å². The van der Waals surface area contributed by atoms with Crippen LogP contribution in [0.15, 0.2) is 20.1 Å². The fourth-order valence-corrected chi connectivity index (χ4v) is 4.64. The molecule has 0 aliphatic heterocycles. The van der Waals surface area contributed by atoms with Gasteiger partial charge in [-0.25, -0.2) is 8.42 Å². The van der Waals surface area contributed by atoms with Crippen molar-refractivity contribution < 1.29 is 18.3 Å². The molecule has 90 valence electrons. The zero-order valence-electron chi connectivity index (χ0n) is 8.38. The van der Waals surface area contributed by atoms with E-state index in [0.717, 1.165) is 15.6 Å². The molecule has 0 fully saturated rings. The first kappa shape index (κ1) is 13.6. The highest BCUT2D eigenvalue weighted by atomic mass is 79.9. The van der Waals surface area contributed by atoms with Gasteiger partial charge in [-0.2, -0.15) is 4.31 Å². The van der Waals surface area contributed by atoms with E-state index in [4.69, 9.17) is 5.11 Å². The van der Waals surface area contributed by atoms with Gasteiger partial charge in [-0.1, -0.05) is 6.92 Å². The molecule has 0 atom stereocenters. The van der Waals surface area contributed by atoms with E-state index in [1.807, 2.05) is 0 Å².